The molecule has 2 unspecified atom stereocenters. The smallest absolute Gasteiger partial charge is 0.296 e. The fourth-order valence-corrected chi connectivity index (χ4v) is 2.74. The van der Waals surface area contributed by atoms with Gasteiger partial charge in [-0.3, -0.25) is 9.78 Å². The topological polar surface area (TPSA) is 71.1 Å². The van der Waals surface area contributed by atoms with Crippen LogP contribution in [0.4, 0.5) is 0 Å². The minimum atomic E-state index is -1.12. The van der Waals surface area contributed by atoms with E-state index in [4.69, 9.17) is 42.8 Å². The van der Waals surface area contributed by atoms with Gasteiger partial charge in [0.05, 0.1) is 0 Å². The molecular weight excluding hydrogens is 407 g/mol. The van der Waals surface area contributed by atoms with Crippen LogP contribution < -0.4 is 0 Å². The molecule has 0 saturated carbocycles. The van der Waals surface area contributed by atoms with Crippen molar-refractivity contribution in [3.63, 3.8) is 0 Å². The van der Waals surface area contributed by atoms with E-state index in [1.54, 1.807) is 41.5 Å². The summed E-state index contributed by atoms with van der Waals surface area (Å²) in [6.45, 7) is 14.2. The molecule has 0 aliphatic carbocycles. The average Bonchev–Trinajstić information content (AvgIpc) is 2.56. The van der Waals surface area contributed by atoms with Gasteiger partial charge in [-0.05, 0) is 67.2 Å². The summed E-state index contributed by atoms with van der Waals surface area (Å²) in [6, 6.07) is 0. The number of alkyl halides is 2. The fourth-order valence-electron chi connectivity index (χ4n) is 2.30. The quantitative estimate of drug-likeness (QED) is 0.201. The summed E-state index contributed by atoms with van der Waals surface area (Å²) in [5, 5.41) is 0. The number of rotatable bonds is 13. The van der Waals surface area contributed by atoms with E-state index < -0.39 is 32.9 Å². The van der Waals surface area contributed by atoms with Gasteiger partial charge in [-0.1, -0.05) is 26.7 Å². The van der Waals surface area contributed by atoms with Crippen LogP contribution >= 0.6 is 23.2 Å². The molecule has 0 aromatic rings. The van der Waals surface area contributed by atoms with Crippen molar-refractivity contribution in [1.82, 2.24) is 0 Å². The summed E-state index contributed by atoms with van der Waals surface area (Å²) in [5.41, 5.74) is -1.55. The van der Waals surface area contributed by atoms with E-state index in [9.17, 15) is 9.59 Å². The molecular formula is C20H36Cl2O6. The Balaban J connectivity index is 4.55. The van der Waals surface area contributed by atoms with Crippen LogP contribution in [0.1, 0.15) is 93.9 Å². The highest BCUT2D eigenvalue weighted by molar-refractivity contribution is 6.34. The van der Waals surface area contributed by atoms with Crippen molar-refractivity contribution in [2.24, 2.45) is 0 Å². The number of carbonyl (C=O) groups excluding carboxylic acids is 2. The molecule has 0 heterocycles. The van der Waals surface area contributed by atoms with Gasteiger partial charge in [0.2, 0.25) is 0 Å². The van der Waals surface area contributed by atoms with Crippen LogP contribution in [0.2, 0.25) is 0 Å². The Labute approximate surface area is 179 Å². The second kappa shape index (κ2) is 11.0. The second-order valence-electron chi connectivity index (χ2n) is 8.82. The molecule has 0 aliphatic heterocycles. The Morgan fingerprint density at radius 2 is 0.929 bits per heavy atom. The van der Waals surface area contributed by atoms with Gasteiger partial charge in [-0.15, -0.1) is 23.2 Å². The Bertz CT molecular complexity index is 469. The van der Waals surface area contributed by atoms with E-state index in [0.717, 1.165) is 12.8 Å². The van der Waals surface area contributed by atoms with Gasteiger partial charge in [0.15, 0.2) is 0 Å². The lowest BCUT2D eigenvalue weighted by Gasteiger charge is -2.30. The highest BCUT2D eigenvalue weighted by atomic mass is 35.5. The van der Waals surface area contributed by atoms with Crippen LogP contribution in [0, 0.1) is 0 Å². The monoisotopic (exact) mass is 442 g/mol. The molecule has 0 radical (unpaired) electrons. The first-order chi connectivity index (χ1) is 12.6. The Kier molecular flexibility index (Phi) is 10.8. The normalized spacial score (nSPS) is 16.8. The number of hydrogen-bond donors (Lipinski definition) is 0. The Hall–Kier alpha value is -0.560. The van der Waals surface area contributed by atoms with E-state index in [0.29, 0.717) is 25.7 Å². The van der Waals surface area contributed by atoms with Crippen LogP contribution in [0.5, 0.6) is 0 Å². The molecule has 0 rings (SSSR count). The molecule has 166 valence electrons. The first kappa shape index (κ1) is 27.4. The third kappa shape index (κ3) is 10.3. The number of carbonyl (C=O) groups is 2. The van der Waals surface area contributed by atoms with E-state index in [1.807, 2.05) is 13.8 Å². The first-order valence-electron chi connectivity index (χ1n) is 9.76. The lowest BCUT2D eigenvalue weighted by atomic mass is 9.94. The summed E-state index contributed by atoms with van der Waals surface area (Å²) < 4.78 is 0. The maximum Gasteiger partial charge on any atom is 0.362 e. The highest BCUT2D eigenvalue weighted by Gasteiger charge is 2.37. The lowest BCUT2D eigenvalue weighted by molar-refractivity contribution is -0.342. The lowest BCUT2D eigenvalue weighted by Crippen LogP contribution is -2.37. The average molecular weight is 443 g/mol. The minimum Gasteiger partial charge on any atom is -0.296 e. The van der Waals surface area contributed by atoms with Gasteiger partial charge in [-0.25, -0.2) is 9.59 Å². The summed E-state index contributed by atoms with van der Waals surface area (Å²) >= 11 is 12.3. The van der Waals surface area contributed by atoms with Gasteiger partial charge < -0.3 is 0 Å². The predicted octanol–water partition coefficient (Wildman–Crippen LogP) is 5.87. The van der Waals surface area contributed by atoms with Crippen molar-refractivity contribution in [1.29, 1.82) is 0 Å². The molecule has 28 heavy (non-hydrogen) atoms. The number of halogens is 2. The zero-order valence-corrected chi connectivity index (χ0v) is 20.0. The van der Waals surface area contributed by atoms with Gasteiger partial charge in [-0.2, -0.15) is 9.78 Å². The molecule has 0 aromatic carbocycles. The SMILES string of the molecule is CCCC(C)(Cl)C(=O)OOC(C)(C)CCC(C)(C)OOC(=O)C(C)(Cl)CCC. The maximum atomic E-state index is 12.1. The van der Waals surface area contributed by atoms with Gasteiger partial charge in [0.1, 0.15) is 21.0 Å². The summed E-state index contributed by atoms with van der Waals surface area (Å²) in [7, 11) is 0. The molecule has 0 fully saturated rings. The molecule has 0 aliphatic rings. The van der Waals surface area contributed by atoms with E-state index in [2.05, 4.69) is 0 Å². The van der Waals surface area contributed by atoms with Gasteiger partial charge in [0.25, 0.3) is 0 Å². The fraction of sp³-hybridized carbons (Fsp3) is 0.900. The molecule has 8 heteroatoms. The third-order valence-electron chi connectivity index (χ3n) is 4.31. The standard InChI is InChI=1S/C20H36Cl2O6/c1-9-11-19(7,21)15(23)25-27-17(3,4)13-14-18(5,6)28-26-16(24)20(8,22)12-10-2/h9-14H2,1-8H3. The van der Waals surface area contributed by atoms with E-state index >= 15 is 0 Å². The minimum absolute atomic E-state index is 0.477. The van der Waals surface area contributed by atoms with E-state index in [1.165, 1.54) is 0 Å². The second-order valence-corrected chi connectivity index (χ2v) is 10.5. The zero-order valence-electron chi connectivity index (χ0n) is 18.4. The van der Waals surface area contributed by atoms with Gasteiger partial charge >= 0.3 is 11.9 Å². The molecule has 0 aromatic heterocycles. The molecule has 0 saturated heterocycles. The van der Waals surface area contributed by atoms with Crippen molar-refractivity contribution < 1.29 is 29.1 Å². The van der Waals surface area contributed by atoms with Gasteiger partial charge in [0, 0.05) is 0 Å². The molecule has 0 bridgehead atoms. The highest BCUT2D eigenvalue weighted by Crippen LogP contribution is 2.29. The number of hydrogen-bond acceptors (Lipinski definition) is 6. The first-order valence-corrected chi connectivity index (χ1v) is 10.5. The van der Waals surface area contributed by atoms with Crippen molar-refractivity contribution >= 4 is 35.1 Å². The maximum absolute atomic E-state index is 12.1. The summed E-state index contributed by atoms with van der Waals surface area (Å²) in [4.78, 5) is 42.4. The van der Waals surface area contributed by atoms with Crippen LogP contribution in [0.3, 0.4) is 0 Å². The van der Waals surface area contributed by atoms with Crippen molar-refractivity contribution in [3.8, 4) is 0 Å². The Morgan fingerprint density at radius 1 is 0.643 bits per heavy atom. The largest absolute Gasteiger partial charge is 0.362 e. The predicted molar refractivity (Wildman–Crippen MR) is 110 cm³/mol. The van der Waals surface area contributed by atoms with Crippen LogP contribution in [0.25, 0.3) is 0 Å². The van der Waals surface area contributed by atoms with Crippen molar-refractivity contribution in [2.45, 2.75) is 115 Å². The van der Waals surface area contributed by atoms with Crippen molar-refractivity contribution in [2.75, 3.05) is 0 Å². The van der Waals surface area contributed by atoms with Crippen LogP contribution in [0.15, 0.2) is 0 Å². The molecule has 0 spiro atoms. The van der Waals surface area contributed by atoms with Crippen LogP contribution in [-0.2, 0) is 29.1 Å². The summed E-state index contributed by atoms with van der Waals surface area (Å²) in [5.74, 6) is -1.24. The van der Waals surface area contributed by atoms with Crippen LogP contribution in [-0.4, -0.2) is 32.9 Å². The van der Waals surface area contributed by atoms with Crippen molar-refractivity contribution in [3.05, 3.63) is 0 Å². The molecule has 2 atom stereocenters. The van der Waals surface area contributed by atoms with E-state index in [-0.39, 0.29) is 0 Å². The molecule has 0 N–H and O–H groups in total. The Morgan fingerprint density at radius 3 is 1.18 bits per heavy atom. The summed E-state index contributed by atoms with van der Waals surface area (Å²) in [6.07, 6.45) is 3.43. The molecule has 0 amide bonds. The molecule has 6 nitrogen and oxygen atoms in total. The third-order valence-corrected chi connectivity index (χ3v) is 4.99. The zero-order chi connectivity index (χ0) is 22.2.